The fraction of sp³-hybridized carbons (Fsp3) is 0.688. The maximum Gasteiger partial charge on any atom is 0.250 e. The lowest BCUT2D eigenvalue weighted by atomic mass is 9.95. The summed E-state index contributed by atoms with van der Waals surface area (Å²) in [6.45, 7) is 6.29. The van der Waals surface area contributed by atoms with Gasteiger partial charge in [0.15, 0.2) is 0 Å². The molecule has 1 aliphatic heterocycles. The van der Waals surface area contributed by atoms with Crippen LogP contribution in [0, 0.1) is 5.92 Å². The highest BCUT2D eigenvalue weighted by Crippen LogP contribution is 2.22. The average Bonchev–Trinajstić information content (AvgIpc) is 2.48. The van der Waals surface area contributed by atoms with Crippen molar-refractivity contribution in [3.05, 3.63) is 28.7 Å². The minimum absolute atomic E-state index is 0.00429. The second kappa shape index (κ2) is 7.61. The van der Waals surface area contributed by atoms with Crippen molar-refractivity contribution in [2.45, 2.75) is 45.4 Å². The molecule has 2 heterocycles. The van der Waals surface area contributed by atoms with Crippen LogP contribution in [0.15, 0.2) is 23.1 Å². The van der Waals surface area contributed by atoms with Crippen molar-refractivity contribution < 1.29 is 9.47 Å². The number of methoxy groups -OCH3 is 1. The Balaban J connectivity index is 2.00. The van der Waals surface area contributed by atoms with E-state index >= 15 is 0 Å². The first-order chi connectivity index (χ1) is 10.1. The lowest BCUT2D eigenvalue weighted by molar-refractivity contribution is -0.0160. The molecule has 0 aliphatic carbocycles. The number of hydrogen-bond acceptors (Lipinski definition) is 4. The van der Waals surface area contributed by atoms with Gasteiger partial charge in [0.1, 0.15) is 0 Å². The van der Waals surface area contributed by atoms with Crippen molar-refractivity contribution in [3.8, 4) is 0 Å². The molecule has 1 saturated heterocycles. The normalized spacial score (nSPS) is 22.5. The quantitative estimate of drug-likeness (QED) is 0.873. The fourth-order valence-corrected chi connectivity index (χ4v) is 2.64. The van der Waals surface area contributed by atoms with E-state index in [0.29, 0.717) is 31.2 Å². The van der Waals surface area contributed by atoms with Crippen molar-refractivity contribution >= 4 is 5.69 Å². The Labute approximate surface area is 126 Å². The molecule has 0 amide bonds. The van der Waals surface area contributed by atoms with Gasteiger partial charge in [-0.25, -0.2) is 0 Å². The van der Waals surface area contributed by atoms with E-state index in [-0.39, 0.29) is 5.56 Å². The van der Waals surface area contributed by atoms with Gasteiger partial charge in [-0.05, 0) is 24.8 Å². The number of ether oxygens (including phenoxy) is 2. The predicted octanol–water partition coefficient (Wildman–Crippen LogP) is 2.11. The van der Waals surface area contributed by atoms with Crippen LogP contribution in [0.2, 0.25) is 0 Å². The zero-order valence-corrected chi connectivity index (χ0v) is 13.2. The molecule has 0 bridgehead atoms. The summed E-state index contributed by atoms with van der Waals surface area (Å²) in [5, 5.41) is 3.53. The molecule has 2 unspecified atom stereocenters. The molecule has 1 N–H and O–H groups in total. The minimum Gasteiger partial charge on any atom is -0.383 e. The summed E-state index contributed by atoms with van der Waals surface area (Å²) in [5.74, 6) is 0.533. The number of anilines is 1. The van der Waals surface area contributed by atoms with Gasteiger partial charge in [-0.1, -0.05) is 13.8 Å². The van der Waals surface area contributed by atoms with E-state index in [1.54, 1.807) is 17.7 Å². The van der Waals surface area contributed by atoms with E-state index < -0.39 is 0 Å². The Morgan fingerprint density at radius 3 is 3.00 bits per heavy atom. The van der Waals surface area contributed by atoms with Crippen LogP contribution >= 0.6 is 0 Å². The van der Waals surface area contributed by atoms with Gasteiger partial charge in [0.25, 0.3) is 5.56 Å². The highest BCUT2D eigenvalue weighted by atomic mass is 16.5. The molecular formula is C16H26N2O3. The van der Waals surface area contributed by atoms with Gasteiger partial charge in [-0.2, -0.15) is 0 Å². The summed E-state index contributed by atoms with van der Waals surface area (Å²) in [5.41, 5.74) is 0.991. The van der Waals surface area contributed by atoms with Gasteiger partial charge in [-0.3, -0.25) is 4.79 Å². The zero-order valence-electron chi connectivity index (χ0n) is 13.2. The van der Waals surface area contributed by atoms with E-state index in [9.17, 15) is 4.79 Å². The standard InChI is InChI=1S/C16H26N2O3/c1-12(2)15-10-13(6-8-21-15)17-14-4-5-16(19)18(11-14)7-9-20-3/h4-5,11-13,15,17H,6-10H2,1-3H3. The molecule has 1 aliphatic rings. The first-order valence-corrected chi connectivity index (χ1v) is 7.67. The van der Waals surface area contributed by atoms with E-state index in [4.69, 9.17) is 9.47 Å². The molecule has 21 heavy (non-hydrogen) atoms. The Hall–Kier alpha value is -1.33. The molecule has 1 fully saturated rings. The second-order valence-corrected chi connectivity index (χ2v) is 5.96. The Morgan fingerprint density at radius 2 is 2.29 bits per heavy atom. The van der Waals surface area contributed by atoms with Crippen LogP contribution in [0.3, 0.4) is 0 Å². The number of aromatic nitrogens is 1. The third-order valence-electron chi connectivity index (χ3n) is 3.95. The van der Waals surface area contributed by atoms with Crippen LogP contribution in [0.25, 0.3) is 0 Å². The lowest BCUT2D eigenvalue weighted by Crippen LogP contribution is -2.36. The van der Waals surface area contributed by atoms with Crippen molar-refractivity contribution in [2.75, 3.05) is 25.6 Å². The molecule has 118 valence electrons. The summed E-state index contributed by atoms with van der Waals surface area (Å²) in [6, 6.07) is 3.86. The Morgan fingerprint density at radius 1 is 1.48 bits per heavy atom. The summed E-state index contributed by atoms with van der Waals surface area (Å²) < 4.78 is 12.5. The summed E-state index contributed by atoms with van der Waals surface area (Å²) >= 11 is 0. The number of nitrogens with zero attached hydrogens (tertiary/aromatic N) is 1. The minimum atomic E-state index is 0.00429. The molecule has 5 nitrogen and oxygen atoms in total. The molecule has 2 atom stereocenters. The number of pyridine rings is 1. The molecule has 1 aromatic rings. The highest BCUT2D eigenvalue weighted by Gasteiger charge is 2.24. The van der Waals surface area contributed by atoms with E-state index in [2.05, 4.69) is 19.2 Å². The van der Waals surface area contributed by atoms with Crippen molar-refractivity contribution in [1.29, 1.82) is 0 Å². The van der Waals surface area contributed by atoms with Gasteiger partial charge in [-0.15, -0.1) is 0 Å². The SMILES string of the molecule is COCCn1cc(NC2CCOC(C(C)C)C2)ccc1=O. The highest BCUT2D eigenvalue weighted by molar-refractivity contribution is 5.41. The molecule has 5 heteroatoms. The van der Waals surface area contributed by atoms with Crippen molar-refractivity contribution in [2.24, 2.45) is 5.92 Å². The van der Waals surface area contributed by atoms with Crippen molar-refractivity contribution in [3.63, 3.8) is 0 Å². The molecule has 1 aromatic heterocycles. The van der Waals surface area contributed by atoms with Gasteiger partial charge in [0.05, 0.1) is 18.4 Å². The Bertz CT molecular complexity index is 499. The van der Waals surface area contributed by atoms with E-state index in [1.165, 1.54) is 0 Å². The maximum absolute atomic E-state index is 11.8. The van der Waals surface area contributed by atoms with Crippen LogP contribution in [0.4, 0.5) is 5.69 Å². The molecular weight excluding hydrogens is 268 g/mol. The van der Waals surface area contributed by atoms with Gasteiger partial charge in [0, 0.05) is 38.6 Å². The fourth-order valence-electron chi connectivity index (χ4n) is 2.64. The molecule has 0 saturated carbocycles. The monoisotopic (exact) mass is 294 g/mol. The smallest absolute Gasteiger partial charge is 0.250 e. The summed E-state index contributed by atoms with van der Waals surface area (Å²) in [6.07, 6.45) is 4.20. The van der Waals surface area contributed by atoms with Crippen LogP contribution in [0.5, 0.6) is 0 Å². The summed E-state index contributed by atoms with van der Waals surface area (Å²) in [7, 11) is 1.64. The van der Waals surface area contributed by atoms with Crippen LogP contribution in [-0.2, 0) is 16.0 Å². The Kier molecular flexibility index (Phi) is 5.82. The molecule has 0 aromatic carbocycles. The third-order valence-corrected chi connectivity index (χ3v) is 3.95. The lowest BCUT2D eigenvalue weighted by Gasteiger charge is -2.33. The van der Waals surface area contributed by atoms with Gasteiger partial charge >= 0.3 is 0 Å². The number of rotatable bonds is 6. The molecule has 0 spiro atoms. The van der Waals surface area contributed by atoms with Crippen LogP contribution in [-0.4, -0.2) is 37.0 Å². The zero-order chi connectivity index (χ0) is 15.2. The number of nitrogens with one attached hydrogen (secondary N) is 1. The topological polar surface area (TPSA) is 52.5 Å². The maximum atomic E-state index is 11.8. The summed E-state index contributed by atoms with van der Waals surface area (Å²) in [4.78, 5) is 11.8. The predicted molar refractivity (Wildman–Crippen MR) is 83.8 cm³/mol. The molecule has 2 rings (SSSR count). The van der Waals surface area contributed by atoms with E-state index in [0.717, 1.165) is 25.1 Å². The largest absolute Gasteiger partial charge is 0.383 e. The van der Waals surface area contributed by atoms with Crippen molar-refractivity contribution in [1.82, 2.24) is 4.57 Å². The third kappa shape index (κ3) is 4.58. The van der Waals surface area contributed by atoms with Crippen LogP contribution in [0.1, 0.15) is 26.7 Å². The van der Waals surface area contributed by atoms with E-state index in [1.807, 2.05) is 12.3 Å². The van der Waals surface area contributed by atoms with Gasteiger partial charge < -0.3 is 19.4 Å². The van der Waals surface area contributed by atoms with Gasteiger partial charge in [0.2, 0.25) is 0 Å². The second-order valence-electron chi connectivity index (χ2n) is 5.96. The van der Waals surface area contributed by atoms with Crippen LogP contribution < -0.4 is 10.9 Å². The first-order valence-electron chi connectivity index (χ1n) is 7.67. The first kappa shape index (κ1) is 16.0. The number of hydrogen-bond donors (Lipinski definition) is 1. The average molecular weight is 294 g/mol. The molecule has 0 radical (unpaired) electrons.